The number of hydrogen-bond acceptors (Lipinski definition) is 1. The van der Waals surface area contributed by atoms with Crippen LogP contribution in [0.3, 0.4) is 0 Å². The SMILES string of the molecule is Cc1ccccc1-c1cncn1C. The first-order valence-corrected chi connectivity index (χ1v) is 4.31. The first-order chi connectivity index (χ1) is 6.29. The highest BCUT2D eigenvalue weighted by Gasteiger charge is 2.03. The van der Waals surface area contributed by atoms with Crippen LogP contribution in [0.25, 0.3) is 11.3 Å². The van der Waals surface area contributed by atoms with Crippen LogP contribution in [0.2, 0.25) is 0 Å². The Bertz CT molecular complexity index is 416. The molecule has 0 unspecified atom stereocenters. The van der Waals surface area contributed by atoms with Crippen LogP contribution in [0.4, 0.5) is 0 Å². The van der Waals surface area contributed by atoms with Gasteiger partial charge in [0.25, 0.3) is 0 Å². The first-order valence-electron chi connectivity index (χ1n) is 4.31. The molecule has 2 nitrogen and oxygen atoms in total. The van der Waals surface area contributed by atoms with Crippen molar-refractivity contribution in [3.63, 3.8) is 0 Å². The Morgan fingerprint density at radius 2 is 2.00 bits per heavy atom. The molecule has 2 heteroatoms. The van der Waals surface area contributed by atoms with Crippen molar-refractivity contribution in [2.75, 3.05) is 0 Å². The van der Waals surface area contributed by atoms with Crippen LogP contribution in [0.1, 0.15) is 5.56 Å². The van der Waals surface area contributed by atoms with Crippen LogP contribution < -0.4 is 0 Å². The van der Waals surface area contributed by atoms with E-state index in [1.165, 1.54) is 11.1 Å². The maximum atomic E-state index is 4.10. The molecule has 0 N–H and O–H groups in total. The molecule has 0 radical (unpaired) electrons. The average molecular weight is 172 g/mol. The van der Waals surface area contributed by atoms with Crippen LogP contribution >= 0.6 is 0 Å². The normalized spacial score (nSPS) is 10.3. The van der Waals surface area contributed by atoms with E-state index >= 15 is 0 Å². The maximum Gasteiger partial charge on any atom is 0.0948 e. The molecule has 2 aromatic rings. The molecular formula is C11H12N2. The molecule has 2 rings (SSSR count). The minimum atomic E-state index is 1.16. The van der Waals surface area contributed by atoms with E-state index in [0.29, 0.717) is 0 Å². The second-order valence-electron chi connectivity index (χ2n) is 3.20. The number of imidazole rings is 1. The lowest BCUT2D eigenvalue weighted by Crippen LogP contribution is -1.90. The highest BCUT2D eigenvalue weighted by atomic mass is 15.0. The molecule has 66 valence electrons. The molecule has 0 saturated carbocycles. The zero-order valence-electron chi connectivity index (χ0n) is 7.86. The van der Waals surface area contributed by atoms with Gasteiger partial charge in [0.05, 0.1) is 18.2 Å². The molecule has 1 heterocycles. The van der Waals surface area contributed by atoms with E-state index in [2.05, 4.69) is 36.2 Å². The number of benzene rings is 1. The third kappa shape index (κ3) is 1.35. The van der Waals surface area contributed by atoms with E-state index < -0.39 is 0 Å². The maximum absolute atomic E-state index is 4.10. The summed E-state index contributed by atoms with van der Waals surface area (Å²) >= 11 is 0. The zero-order valence-corrected chi connectivity index (χ0v) is 7.86. The van der Waals surface area contributed by atoms with Crippen LogP contribution in [-0.4, -0.2) is 9.55 Å². The van der Waals surface area contributed by atoms with Gasteiger partial charge in [0.1, 0.15) is 0 Å². The van der Waals surface area contributed by atoms with Crippen molar-refractivity contribution in [1.29, 1.82) is 0 Å². The molecule has 0 aliphatic rings. The van der Waals surface area contributed by atoms with Gasteiger partial charge in [-0.2, -0.15) is 0 Å². The predicted octanol–water partition coefficient (Wildman–Crippen LogP) is 2.40. The van der Waals surface area contributed by atoms with Gasteiger partial charge >= 0.3 is 0 Å². The number of nitrogens with zero attached hydrogens (tertiary/aromatic N) is 2. The van der Waals surface area contributed by atoms with Gasteiger partial charge in [0.15, 0.2) is 0 Å². The number of aryl methyl sites for hydroxylation is 2. The molecule has 0 fully saturated rings. The van der Waals surface area contributed by atoms with Crippen molar-refractivity contribution in [3.05, 3.63) is 42.4 Å². The van der Waals surface area contributed by atoms with Gasteiger partial charge in [-0.3, -0.25) is 0 Å². The number of aromatic nitrogens is 2. The van der Waals surface area contributed by atoms with Gasteiger partial charge in [-0.15, -0.1) is 0 Å². The summed E-state index contributed by atoms with van der Waals surface area (Å²) in [7, 11) is 2.01. The van der Waals surface area contributed by atoms with Crippen molar-refractivity contribution >= 4 is 0 Å². The van der Waals surface area contributed by atoms with E-state index in [1.54, 1.807) is 0 Å². The summed E-state index contributed by atoms with van der Waals surface area (Å²) in [6.07, 6.45) is 3.71. The van der Waals surface area contributed by atoms with E-state index in [4.69, 9.17) is 0 Å². The van der Waals surface area contributed by atoms with Crippen molar-refractivity contribution in [2.24, 2.45) is 7.05 Å². The molecule has 13 heavy (non-hydrogen) atoms. The van der Waals surface area contributed by atoms with Gasteiger partial charge < -0.3 is 4.57 Å². The summed E-state index contributed by atoms with van der Waals surface area (Å²) in [6.45, 7) is 2.11. The van der Waals surface area contributed by atoms with Gasteiger partial charge in [0.2, 0.25) is 0 Å². The largest absolute Gasteiger partial charge is 0.334 e. The Labute approximate surface area is 77.9 Å². The van der Waals surface area contributed by atoms with E-state index in [1.807, 2.05) is 24.1 Å². The second-order valence-corrected chi connectivity index (χ2v) is 3.20. The summed E-state index contributed by atoms with van der Waals surface area (Å²) < 4.78 is 2.03. The smallest absolute Gasteiger partial charge is 0.0948 e. The Morgan fingerprint density at radius 3 is 2.62 bits per heavy atom. The lowest BCUT2D eigenvalue weighted by Gasteiger charge is -2.04. The zero-order chi connectivity index (χ0) is 9.26. The average Bonchev–Trinajstić information content (AvgIpc) is 2.52. The van der Waals surface area contributed by atoms with Gasteiger partial charge in [-0.25, -0.2) is 4.98 Å². The third-order valence-corrected chi connectivity index (χ3v) is 2.24. The highest BCUT2D eigenvalue weighted by molar-refractivity contribution is 5.62. The van der Waals surface area contributed by atoms with Gasteiger partial charge in [-0.05, 0) is 12.5 Å². The quantitative estimate of drug-likeness (QED) is 0.645. The van der Waals surface area contributed by atoms with Crippen LogP contribution in [0.5, 0.6) is 0 Å². The van der Waals surface area contributed by atoms with Crippen LogP contribution in [-0.2, 0) is 7.05 Å². The first kappa shape index (κ1) is 8.05. The third-order valence-electron chi connectivity index (χ3n) is 2.24. The van der Waals surface area contributed by atoms with Crippen LogP contribution in [0.15, 0.2) is 36.8 Å². The van der Waals surface area contributed by atoms with Crippen molar-refractivity contribution in [3.8, 4) is 11.3 Å². The molecule has 0 atom stereocenters. The fraction of sp³-hybridized carbons (Fsp3) is 0.182. The Hall–Kier alpha value is -1.57. The number of rotatable bonds is 1. The molecular weight excluding hydrogens is 160 g/mol. The summed E-state index contributed by atoms with van der Waals surface area (Å²) in [5, 5.41) is 0. The molecule has 0 saturated heterocycles. The van der Waals surface area contributed by atoms with Gasteiger partial charge in [0, 0.05) is 12.6 Å². The van der Waals surface area contributed by atoms with Crippen LogP contribution in [0, 0.1) is 6.92 Å². The lowest BCUT2D eigenvalue weighted by molar-refractivity contribution is 0.920. The molecule has 0 amide bonds. The molecule has 1 aromatic heterocycles. The Balaban J connectivity index is 2.59. The standard InChI is InChI=1S/C11H12N2/c1-9-5-3-4-6-10(9)11-7-12-8-13(11)2/h3-8H,1-2H3. The minimum absolute atomic E-state index is 1.16. The fourth-order valence-electron chi connectivity index (χ4n) is 1.48. The Morgan fingerprint density at radius 1 is 1.23 bits per heavy atom. The summed E-state index contributed by atoms with van der Waals surface area (Å²) in [6, 6.07) is 8.33. The second kappa shape index (κ2) is 3.05. The number of hydrogen-bond donors (Lipinski definition) is 0. The van der Waals surface area contributed by atoms with Crippen molar-refractivity contribution in [1.82, 2.24) is 9.55 Å². The van der Waals surface area contributed by atoms with E-state index in [0.717, 1.165) is 5.69 Å². The molecule has 0 aliphatic heterocycles. The molecule has 0 aliphatic carbocycles. The summed E-state index contributed by atoms with van der Waals surface area (Å²) in [5.74, 6) is 0. The van der Waals surface area contributed by atoms with Crippen molar-refractivity contribution < 1.29 is 0 Å². The minimum Gasteiger partial charge on any atom is -0.334 e. The molecule has 1 aromatic carbocycles. The predicted molar refractivity (Wildman–Crippen MR) is 53.4 cm³/mol. The summed E-state index contributed by atoms with van der Waals surface area (Å²) in [4.78, 5) is 4.10. The van der Waals surface area contributed by atoms with Crippen molar-refractivity contribution in [2.45, 2.75) is 6.92 Å². The summed E-state index contributed by atoms with van der Waals surface area (Å²) in [5.41, 5.74) is 3.70. The lowest BCUT2D eigenvalue weighted by atomic mass is 10.1. The molecule has 0 bridgehead atoms. The fourth-order valence-corrected chi connectivity index (χ4v) is 1.48. The monoisotopic (exact) mass is 172 g/mol. The van der Waals surface area contributed by atoms with E-state index in [9.17, 15) is 0 Å². The van der Waals surface area contributed by atoms with E-state index in [-0.39, 0.29) is 0 Å². The van der Waals surface area contributed by atoms with Gasteiger partial charge in [-0.1, -0.05) is 24.3 Å². The Kier molecular flexibility index (Phi) is 1.89. The molecule has 0 spiro atoms. The topological polar surface area (TPSA) is 17.8 Å². The highest BCUT2D eigenvalue weighted by Crippen LogP contribution is 2.21.